The van der Waals surface area contributed by atoms with Gasteiger partial charge in [-0.1, -0.05) is 0 Å². The lowest BCUT2D eigenvalue weighted by Crippen LogP contribution is -2.24. The molecule has 3 N–H and O–H groups in total. The maximum atomic E-state index is 11.2. The minimum absolute atomic E-state index is 0.132. The number of hydrogen-bond acceptors (Lipinski definition) is 4. The van der Waals surface area contributed by atoms with Gasteiger partial charge in [0.1, 0.15) is 10.6 Å². The van der Waals surface area contributed by atoms with Crippen molar-refractivity contribution in [2.45, 2.75) is 4.90 Å². The van der Waals surface area contributed by atoms with Gasteiger partial charge in [-0.25, -0.2) is 13.6 Å². The van der Waals surface area contributed by atoms with Crippen LogP contribution in [0.3, 0.4) is 0 Å². The van der Waals surface area contributed by atoms with Gasteiger partial charge in [-0.15, -0.1) is 0 Å². The first-order chi connectivity index (χ1) is 7.48. The number of H-pyrrole nitrogens is 1. The first-order valence-corrected chi connectivity index (χ1v) is 5.79. The van der Waals surface area contributed by atoms with E-state index < -0.39 is 10.0 Å². The highest BCUT2D eigenvalue weighted by Crippen LogP contribution is 2.22. The van der Waals surface area contributed by atoms with E-state index in [1.54, 1.807) is 6.07 Å². The molecule has 0 radical (unpaired) electrons. The lowest BCUT2D eigenvalue weighted by atomic mass is 10.2. The molecule has 0 aromatic carbocycles. The predicted molar refractivity (Wildman–Crippen MR) is 54.4 cm³/mol. The van der Waals surface area contributed by atoms with Crippen LogP contribution < -0.4 is 9.87 Å². The van der Waals surface area contributed by atoms with E-state index in [9.17, 15) is 13.6 Å². The van der Waals surface area contributed by atoms with Crippen molar-refractivity contribution in [3.05, 3.63) is 35.9 Å². The Bertz CT molecular complexity index is 620. The van der Waals surface area contributed by atoms with Crippen LogP contribution in [0.1, 0.15) is 0 Å². The second-order valence-electron chi connectivity index (χ2n) is 3.10. The summed E-state index contributed by atoms with van der Waals surface area (Å²) in [6.45, 7) is 0. The van der Waals surface area contributed by atoms with Gasteiger partial charge in [-0.3, -0.25) is 5.10 Å². The minimum Gasteiger partial charge on any atom is -0.619 e. The number of aromatic amines is 1. The molecule has 2 aromatic rings. The summed E-state index contributed by atoms with van der Waals surface area (Å²) in [5.41, 5.74) is 0.510. The van der Waals surface area contributed by atoms with Crippen LogP contribution in [-0.2, 0) is 10.0 Å². The van der Waals surface area contributed by atoms with Crippen molar-refractivity contribution in [1.29, 1.82) is 0 Å². The molecule has 0 fully saturated rings. The molecule has 0 atom stereocenters. The van der Waals surface area contributed by atoms with Crippen LogP contribution in [0, 0.1) is 5.21 Å². The van der Waals surface area contributed by atoms with Crippen molar-refractivity contribution < 1.29 is 13.1 Å². The number of sulfonamides is 1. The largest absolute Gasteiger partial charge is 0.619 e. The number of nitrogens with two attached hydrogens (primary N) is 1. The third-order valence-electron chi connectivity index (χ3n) is 1.96. The predicted octanol–water partition coefficient (Wildman–Crippen LogP) is -0.643. The Morgan fingerprint density at radius 2 is 2.25 bits per heavy atom. The summed E-state index contributed by atoms with van der Waals surface area (Å²) in [6, 6.07) is 3.06. The lowest BCUT2D eigenvalue weighted by molar-refractivity contribution is -0.604. The monoisotopic (exact) mass is 240 g/mol. The van der Waals surface area contributed by atoms with Gasteiger partial charge in [0.25, 0.3) is 0 Å². The number of aromatic nitrogens is 3. The molecule has 0 aliphatic rings. The molecule has 8 heteroatoms. The number of rotatable bonds is 2. The third-order valence-corrected chi connectivity index (χ3v) is 2.88. The SMILES string of the molecule is NS(=O)(=O)c1c[nH]nc1-c1ccc[n+]([O-])c1. The van der Waals surface area contributed by atoms with Crippen LogP contribution >= 0.6 is 0 Å². The summed E-state index contributed by atoms with van der Waals surface area (Å²) in [6.07, 6.45) is 3.67. The lowest BCUT2D eigenvalue weighted by Gasteiger charge is -2.00. The maximum Gasteiger partial charge on any atom is 0.241 e. The average Bonchev–Trinajstić information content (AvgIpc) is 2.65. The number of pyridine rings is 1. The number of hydrogen-bond donors (Lipinski definition) is 2. The van der Waals surface area contributed by atoms with Crippen molar-refractivity contribution in [2.75, 3.05) is 0 Å². The van der Waals surface area contributed by atoms with E-state index in [-0.39, 0.29) is 10.6 Å². The summed E-state index contributed by atoms with van der Waals surface area (Å²) in [5, 5.41) is 22.2. The fraction of sp³-hybridized carbons (Fsp3) is 0. The zero-order chi connectivity index (χ0) is 11.8. The van der Waals surface area contributed by atoms with Gasteiger partial charge < -0.3 is 5.21 Å². The Kier molecular flexibility index (Phi) is 2.37. The molecule has 2 heterocycles. The Morgan fingerprint density at radius 1 is 1.50 bits per heavy atom. The van der Waals surface area contributed by atoms with Crippen molar-refractivity contribution in [3.63, 3.8) is 0 Å². The summed E-state index contributed by atoms with van der Waals surface area (Å²) >= 11 is 0. The fourth-order valence-corrected chi connectivity index (χ4v) is 1.95. The van der Waals surface area contributed by atoms with Crippen LogP contribution in [0.15, 0.2) is 35.6 Å². The van der Waals surface area contributed by atoms with Gasteiger partial charge in [0.15, 0.2) is 12.4 Å². The Labute approximate surface area is 91.2 Å². The van der Waals surface area contributed by atoms with Gasteiger partial charge in [-0.05, 0) is 6.07 Å². The van der Waals surface area contributed by atoms with Crippen molar-refractivity contribution in [2.24, 2.45) is 5.14 Å². The fourth-order valence-electron chi connectivity index (χ4n) is 1.30. The highest BCUT2D eigenvalue weighted by molar-refractivity contribution is 7.89. The molecule has 0 bridgehead atoms. The van der Waals surface area contributed by atoms with E-state index in [1.165, 1.54) is 24.7 Å². The summed E-state index contributed by atoms with van der Waals surface area (Å²) in [7, 11) is -3.86. The molecule has 2 rings (SSSR count). The Morgan fingerprint density at radius 3 is 2.88 bits per heavy atom. The van der Waals surface area contributed by atoms with E-state index >= 15 is 0 Å². The van der Waals surface area contributed by atoms with Gasteiger partial charge in [0.2, 0.25) is 10.0 Å². The Balaban J connectivity index is 2.62. The van der Waals surface area contributed by atoms with Crippen LogP contribution in [0.5, 0.6) is 0 Å². The van der Waals surface area contributed by atoms with Gasteiger partial charge in [0.05, 0.1) is 5.56 Å². The molecule has 0 saturated carbocycles. The average molecular weight is 240 g/mol. The summed E-state index contributed by atoms with van der Waals surface area (Å²) < 4.78 is 23.0. The molecule has 2 aromatic heterocycles. The second-order valence-corrected chi connectivity index (χ2v) is 4.63. The van der Waals surface area contributed by atoms with Crippen molar-refractivity contribution in [1.82, 2.24) is 10.2 Å². The second kappa shape index (κ2) is 3.58. The topological polar surface area (TPSA) is 116 Å². The van der Waals surface area contributed by atoms with Gasteiger partial charge in [-0.2, -0.15) is 9.83 Å². The van der Waals surface area contributed by atoms with Crippen LogP contribution in [0.25, 0.3) is 11.3 Å². The van der Waals surface area contributed by atoms with Gasteiger partial charge >= 0.3 is 0 Å². The van der Waals surface area contributed by atoms with Gasteiger partial charge in [0, 0.05) is 12.3 Å². The molecular formula is C8H8N4O3S. The highest BCUT2D eigenvalue weighted by Gasteiger charge is 2.19. The van der Waals surface area contributed by atoms with Crippen LogP contribution in [0.4, 0.5) is 0 Å². The molecular weight excluding hydrogens is 232 g/mol. The molecule has 7 nitrogen and oxygen atoms in total. The molecule has 0 aliphatic carbocycles. The summed E-state index contributed by atoms with van der Waals surface area (Å²) in [5.74, 6) is 0. The van der Waals surface area contributed by atoms with Crippen molar-refractivity contribution in [3.8, 4) is 11.3 Å². The molecule has 16 heavy (non-hydrogen) atoms. The maximum absolute atomic E-state index is 11.2. The minimum atomic E-state index is -3.86. The first kappa shape index (κ1) is 10.6. The zero-order valence-electron chi connectivity index (χ0n) is 7.99. The molecule has 0 aliphatic heterocycles. The van der Waals surface area contributed by atoms with E-state index in [4.69, 9.17) is 5.14 Å². The molecule has 0 spiro atoms. The third kappa shape index (κ3) is 1.88. The first-order valence-electron chi connectivity index (χ1n) is 4.24. The van der Waals surface area contributed by atoms with E-state index in [2.05, 4.69) is 10.2 Å². The standard InChI is InChI=1S/C8H8N4O3S/c9-16(14,15)7-4-10-11-8(7)6-2-1-3-12(13)5-6/h1-5H,(H,10,11)(H2,9,14,15). The number of nitrogens with one attached hydrogen (secondary N) is 1. The molecule has 0 saturated heterocycles. The van der Waals surface area contributed by atoms with Crippen LogP contribution in [-0.4, -0.2) is 18.6 Å². The highest BCUT2D eigenvalue weighted by atomic mass is 32.2. The molecule has 84 valence electrons. The quantitative estimate of drug-likeness (QED) is 0.536. The molecule has 0 amide bonds. The van der Waals surface area contributed by atoms with Crippen LogP contribution in [0.2, 0.25) is 0 Å². The Hall–Kier alpha value is -1.93. The van der Waals surface area contributed by atoms with Crippen molar-refractivity contribution >= 4 is 10.0 Å². The smallest absolute Gasteiger partial charge is 0.241 e. The zero-order valence-corrected chi connectivity index (χ0v) is 8.81. The molecule has 0 unspecified atom stereocenters. The van der Waals surface area contributed by atoms with E-state index in [1.807, 2.05) is 0 Å². The van der Waals surface area contributed by atoms with E-state index in [0.717, 1.165) is 0 Å². The normalized spacial score (nSPS) is 11.6. The number of nitrogens with zero attached hydrogens (tertiary/aromatic N) is 2. The summed E-state index contributed by atoms with van der Waals surface area (Å²) in [4.78, 5) is -0.140. The number of primary sulfonamides is 1. The van der Waals surface area contributed by atoms with E-state index in [0.29, 0.717) is 10.3 Å².